The molecule has 1 aliphatic rings. The van der Waals surface area contributed by atoms with E-state index in [0.717, 1.165) is 16.9 Å². The zero-order valence-corrected chi connectivity index (χ0v) is 19.2. The van der Waals surface area contributed by atoms with Crippen LogP contribution in [0.2, 0.25) is 5.02 Å². The zero-order chi connectivity index (χ0) is 23.2. The Balaban J connectivity index is 1.43. The Bertz CT molecular complexity index is 1240. The Morgan fingerprint density at radius 3 is 2.52 bits per heavy atom. The van der Waals surface area contributed by atoms with Gasteiger partial charge < -0.3 is 14.8 Å². The van der Waals surface area contributed by atoms with Crippen LogP contribution in [0.4, 0.5) is 5.69 Å². The Morgan fingerprint density at radius 1 is 1.06 bits per heavy atom. The van der Waals surface area contributed by atoms with Crippen molar-refractivity contribution in [3.8, 4) is 5.75 Å². The van der Waals surface area contributed by atoms with Gasteiger partial charge in [0.05, 0.1) is 23.3 Å². The minimum atomic E-state index is -0.488. The summed E-state index contributed by atoms with van der Waals surface area (Å²) in [4.78, 5) is 29.3. The van der Waals surface area contributed by atoms with Crippen LogP contribution in [0.25, 0.3) is 6.08 Å². The van der Waals surface area contributed by atoms with Gasteiger partial charge in [-0.25, -0.2) is 9.79 Å². The quantitative estimate of drug-likeness (QED) is 0.368. The molecule has 1 aliphatic heterocycles. The number of hydrogen-bond acceptors (Lipinski definition) is 6. The number of aliphatic imine (C=N–C) groups is 1. The molecule has 0 radical (unpaired) electrons. The van der Waals surface area contributed by atoms with Gasteiger partial charge in [0.25, 0.3) is 5.91 Å². The zero-order valence-electron chi connectivity index (χ0n) is 17.6. The number of methoxy groups -OCH3 is 1. The summed E-state index contributed by atoms with van der Waals surface area (Å²) in [5.41, 5.74) is 2.62. The van der Waals surface area contributed by atoms with Crippen LogP contribution < -0.4 is 10.1 Å². The molecule has 0 unspecified atom stereocenters. The first-order valence-electron chi connectivity index (χ1n) is 9.96. The number of nitrogens with one attached hydrogen (secondary N) is 1. The lowest BCUT2D eigenvalue weighted by molar-refractivity contribution is -0.115. The van der Waals surface area contributed by atoms with E-state index in [-0.39, 0.29) is 5.91 Å². The smallest absolute Gasteiger partial charge is 0.340 e. The molecule has 1 N–H and O–H groups in total. The molecule has 33 heavy (non-hydrogen) atoms. The van der Waals surface area contributed by atoms with Gasteiger partial charge in [0.1, 0.15) is 12.4 Å². The molecule has 166 valence electrons. The van der Waals surface area contributed by atoms with Gasteiger partial charge in [-0.2, -0.15) is 0 Å². The van der Waals surface area contributed by atoms with Gasteiger partial charge in [-0.3, -0.25) is 4.79 Å². The highest BCUT2D eigenvalue weighted by molar-refractivity contribution is 8.18. The first kappa shape index (κ1) is 22.6. The van der Waals surface area contributed by atoms with E-state index in [1.165, 1.54) is 18.9 Å². The Kier molecular flexibility index (Phi) is 7.12. The summed E-state index contributed by atoms with van der Waals surface area (Å²) in [5, 5.41) is 3.81. The van der Waals surface area contributed by atoms with Crippen molar-refractivity contribution in [2.24, 2.45) is 4.99 Å². The number of carbonyl (C=O) groups excluding carboxylic acids is 2. The second-order valence-corrected chi connectivity index (χ2v) is 8.44. The van der Waals surface area contributed by atoms with E-state index in [2.05, 4.69) is 10.3 Å². The summed E-state index contributed by atoms with van der Waals surface area (Å²) in [5.74, 6) is -0.0203. The molecule has 0 bridgehead atoms. The number of halogens is 1. The van der Waals surface area contributed by atoms with E-state index in [9.17, 15) is 9.59 Å². The first-order chi connectivity index (χ1) is 16.0. The first-order valence-corrected chi connectivity index (χ1v) is 11.2. The number of carbonyl (C=O) groups is 2. The molecule has 6 nitrogen and oxygen atoms in total. The molecule has 1 saturated heterocycles. The third-order valence-corrected chi connectivity index (χ3v) is 5.84. The van der Waals surface area contributed by atoms with E-state index < -0.39 is 5.97 Å². The van der Waals surface area contributed by atoms with E-state index in [1.807, 2.05) is 48.5 Å². The topological polar surface area (TPSA) is 77.0 Å². The highest BCUT2D eigenvalue weighted by atomic mass is 35.5. The van der Waals surface area contributed by atoms with Crippen molar-refractivity contribution in [2.45, 2.75) is 6.61 Å². The molecular weight excluding hydrogens is 460 g/mol. The van der Waals surface area contributed by atoms with Crippen LogP contribution in [-0.4, -0.2) is 24.2 Å². The lowest BCUT2D eigenvalue weighted by Crippen LogP contribution is -2.19. The van der Waals surface area contributed by atoms with Crippen molar-refractivity contribution in [3.63, 3.8) is 0 Å². The van der Waals surface area contributed by atoms with Crippen LogP contribution >= 0.6 is 23.4 Å². The maximum absolute atomic E-state index is 12.4. The molecule has 1 amide bonds. The third kappa shape index (κ3) is 5.83. The number of thioether (sulfide) groups is 1. The van der Waals surface area contributed by atoms with Crippen molar-refractivity contribution >= 4 is 52.2 Å². The molecule has 3 aromatic carbocycles. The van der Waals surface area contributed by atoms with Crippen LogP contribution in [0, 0.1) is 0 Å². The van der Waals surface area contributed by atoms with Gasteiger partial charge >= 0.3 is 5.97 Å². The number of hydrogen-bond donors (Lipinski definition) is 1. The van der Waals surface area contributed by atoms with Crippen molar-refractivity contribution < 1.29 is 19.1 Å². The van der Waals surface area contributed by atoms with Crippen molar-refractivity contribution in [3.05, 3.63) is 99.4 Å². The molecule has 0 aromatic heterocycles. The number of nitrogens with zero attached hydrogens (tertiary/aromatic N) is 1. The van der Waals surface area contributed by atoms with Crippen molar-refractivity contribution in [2.75, 3.05) is 7.11 Å². The van der Waals surface area contributed by atoms with E-state index in [1.54, 1.807) is 30.3 Å². The summed E-state index contributed by atoms with van der Waals surface area (Å²) in [6.45, 7) is 0.433. The summed E-state index contributed by atoms with van der Waals surface area (Å²) in [6, 6.07) is 21.7. The summed E-state index contributed by atoms with van der Waals surface area (Å²) in [6.07, 6.45) is 1.78. The lowest BCUT2D eigenvalue weighted by Gasteiger charge is -2.06. The molecule has 0 aliphatic carbocycles. The van der Waals surface area contributed by atoms with Crippen LogP contribution in [0.5, 0.6) is 5.75 Å². The maximum atomic E-state index is 12.4. The number of benzene rings is 3. The minimum absolute atomic E-state index is 0.252. The number of esters is 1. The van der Waals surface area contributed by atoms with Crippen LogP contribution in [0.15, 0.2) is 82.7 Å². The fraction of sp³-hybridized carbons (Fsp3) is 0.0800. The predicted molar refractivity (Wildman–Crippen MR) is 131 cm³/mol. The van der Waals surface area contributed by atoms with Gasteiger partial charge in [-0.05, 0) is 65.4 Å². The third-order valence-electron chi connectivity index (χ3n) is 4.68. The van der Waals surface area contributed by atoms with Gasteiger partial charge in [0.15, 0.2) is 5.17 Å². The average molecular weight is 479 g/mol. The van der Waals surface area contributed by atoms with Gasteiger partial charge in [0, 0.05) is 5.02 Å². The average Bonchev–Trinajstić information content (AvgIpc) is 3.17. The predicted octanol–water partition coefficient (Wildman–Crippen LogP) is 5.60. The summed E-state index contributed by atoms with van der Waals surface area (Å²) >= 11 is 7.10. The maximum Gasteiger partial charge on any atom is 0.340 e. The monoisotopic (exact) mass is 478 g/mol. The molecule has 1 heterocycles. The molecule has 0 atom stereocenters. The van der Waals surface area contributed by atoms with Crippen molar-refractivity contribution in [1.82, 2.24) is 5.32 Å². The standard InChI is InChI=1S/C25H19ClN2O4S/c1-31-24(30)20-4-2-3-5-21(20)27-25-28-23(29)22(33-25)14-16-8-12-19(13-9-16)32-15-17-6-10-18(26)11-7-17/h2-14H,15H2,1H3,(H,27,28,29)/b22-14-. The van der Waals surface area contributed by atoms with Crippen LogP contribution in [0.1, 0.15) is 21.5 Å². The van der Waals surface area contributed by atoms with Crippen LogP contribution in [0.3, 0.4) is 0 Å². The van der Waals surface area contributed by atoms with Crippen molar-refractivity contribution in [1.29, 1.82) is 0 Å². The lowest BCUT2D eigenvalue weighted by atomic mass is 10.2. The molecule has 3 aromatic rings. The highest BCUT2D eigenvalue weighted by Gasteiger charge is 2.24. The number of amides is 1. The summed E-state index contributed by atoms with van der Waals surface area (Å²) < 4.78 is 10.6. The highest BCUT2D eigenvalue weighted by Crippen LogP contribution is 2.30. The van der Waals surface area contributed by atoms with Gasteiger partial charge in [-0.15, -0.1) is 0 Å². The molecule has 0 saturated carbocycles. The number of para-hydroxylation sites is 1. The Labute approximate surface area is 200 Å². The fourth-order valence-electron chi connectivity index (χ4n) is 3.00. The Morgan fingerprint density at radius 2 is 1.79 bits per heavy atom. The normalized spacial score (nSPS) is 15.5. The van der Waals surface area contributed by atoms with Gasteiger partial charge in [-0.1, -0.05) is 48.0 Å². The number of amidine groups is 1. The molecule has 1 fully saturated rings. The Hall–Kier alpha value is -3.55. The molecular formula is C25H19ClN2O4S. The summed E-state index contributed by atoms with van der Waals surface area (Å²) in [7, 11) is 1.31. The SMILES string of the molecule is COC(=O)c1ccccc1N=C1NC(=O)/C(=C/c2ccc(OCc3ccc(Cl)cc3)cc2)S1. The second-order valence-electron chi connectivity index (χ2n) is 6.97. The van der Waals surface area contributed by atoms with E-state index in [0.29, 0.717) is 33.0 Å². The van der Waals surface area contributed by atoms with E-state index >= 15 is 0 Å². The second kappa shape index (κ2) is 10.4. The number of ether oxygens (including phenoxy) is 2. The van der Waals surface area contributed by atoms with Crippen LogP contribution in [-0.2, 0) is 16.1 Å². The fourth-order valence-corrected chi connectivity index (χ4v) is 3.96. The molecule has 4 rings (SSSR count). The number of rotatable bonds is 6. The largest absolute Gasteiger partial charge is 0.489 e. The molecule has 0 spiro atoms. The minimum Gasteiger partial charge on any atom is -0.489 e. The molecule has 8 heteroatoms. The van der Waals surface area contributed by atoms with E-state index in [4.69, 9.17) is 21.1 Å². The van der Waals surface area contributed by atoms with Gasteiger partial charge in [0.2, 0.25) is 0 Å².